The Hall–Kier alpha value is -2.62. The first-order valence-electron chi connectivity index (χ1n) is 5.66. The second kappa shape index (κ2) is 4.94. The first-order chi connectivity index (χ1) is 8.99. The highest BCUT2D eigenvalue weighted by atomic mass is 16.4. The summed E-state index contributed by atoms with van der Waals surface area (Å²) >= 11 is 0. The Morgan fingerprint density at radius 1 is 0.842 bits per heavy atom. The van der Waals surface area contributed by atoms with E-state index in [2.05, 4.69) is 0 Å². The number of aryl methyl sites for hydroxylation is 1. The first kappa shape index (κ1) is 12.8. The number of aromatic carboxylic acids is 2. The molecule has 0 spiro atoms. The van der Waals surface area contributed by atoms with Gasteiger partial charge >= 0.3 is 11.9 Å². The first-order valence-corrected chi connectivity index (χ1v) is 5.66. The second-order valence-electron chi connectivity index (χ2n) is 4.22. The third-order valence-corrected chi connectivity index (χ3v) is 2.93. The summed E-state index contributed by atoms with van der Waals surface area (Å²) in [6.45, 7) is 1.88. The van der Waals surface area contributed by atoms with Crippen LogP contribution in [-0.2, 0) is 0 Å². The van der Waals surface area contributed by atoms with E-state index < -0.39 is 11.9 Å². The van der Waals surface area contributed by atoms with Crippen LogP contribution in [0.4, 0.5) is 0 Å². The molecule has 0 aromatic heterocycles. The Bertz CT molecular complexity index is 642. The highest BCUT2D eigenvalue weighted by Gasteiger charge is 2.09. The predicted octanol–water partition coefficient (Wildman–Crippen LogP) is 3.06. The Morgan fingerprint density at radius 2 is 1.37 bits per heavy atom. The molecule has 4 nitrogen and oxygen atoms in total. The van der Waals surface area contributed by atoms with E-state index in [9.17, 15) is 9.59 Å². The predicted molar refractivity (Wildman–Crippen MR) is 70.5 cm³/mol. The van der Waals surface area contributed by atoms with Crippen molar-refractivity contribution in [3.63, 3.8) is 0 Å². The van der Waals surface area contributed by atoms with Crippen molar-refractivity contribution in [1.82, 2.24) is 0 Å². The molecule has 2 rings (SSSR count). The van der Waals surface area contributed by atoms with Crippen LogP contribution in [0.5, 0.6) is 0 Å². The molecule has 0 amide bonds. The molecule has 0 aliphatic carbocycles. The summed E-state index contributed by atoms with van der Waals surface area (Å²) in [5, 5.41) is 17.8. The van der Waals surface area contributed by atoms with Crippen LogP contribution in [0.2, 0.25) is 0 Å². The van der Waals surface area contributed by atoms with Crippen LogP contribution in [-0.4, -0.2) is 22.2 Å². The minimum atomic E-state index is -0.984. The zero-order valence-corrected chi connectivity index (χ0v) is 10.3. The van der Waals surface area contributed by atoms with Crippen molar-refractivity contribution in [2.45, 2.75) is 6.92 Å². The maximum Gasteiger partial charge on any atom is 0.335 e. The Kier molecular flexibility index (Phi) is 3.33. The maximum absolute atomic E-state index is 11.0. The lowest BCUT2D eigenvalue weighted by Crippen LogP contribution is -1.98. The molecular weight excluding hydrogens is 244 g/mol. The van der Waals surface area contributed by atoms with Gasteiger partial charge in [0.1, 0.15) is 0 Å². The van der Waals surface area contributed by atoms with Crippen molar-refractivity contribution >= 4 is 11.9 Å². The van der Waals surface area contributed by atoms with E-state index in [4.69, 9.17) is 10.2 Å². The summed E-state index contributed by atoms with van der Waals surface area (Å²) in [6.07, 6.45) is 0. The number of carboxylic acid groups (broad SMARTS) is 2. The molecule has 0 radical (unpaired) electrons. The van der Waals surface area contributed by atoms with Crippen molar-refractivity contribution < 1.29 is 19.8 Å². The molecule has 0 aliphatic heterocycles. The standard InChI is InChI=1S/C15H12O4/c1-9-2-3-12(15(18)19)8-13(9)10-4-6-11(7-5-10)14(16)17/h2-8H,1H3,(H,16,17)(H,18,19). The van der Waals surface area contributed by atoms with Gasteiger partial charge < -0.3 is 10.2 Å². The maximum atomic E-state index is 11.0. The van der Waals surface area contributed by atoms with Gasteiger partial charge in [-0.2, -0.15) is 0 Å². The average molecular weight is 256 g/mol. The molecule has 0 unspecified atom stereocenters. The largest absolute Gasteiger partial charge is 0.478 e. The number of carbonyl (C=O) groups is 2. The Morgan fingerprint density at radius 3 is 1.89 bits per heavy atom. The van der Waals surface area contributed by atoms with Crippen molar-refractivity contribution in [3.8, 4) is 11.1 Å². The fraction of sp³-hybridized carbons (Fsp3) is 0.0667. The van der Waals surface area contributed by atoms with Crippen molar-refractivity contribution in [2.75, 3.05) is 0 Å². The van der Waals surface area contributed by atoms with Gasteiger partial charge in [0.05, 0.1) is 11.1 Å². The number of rotatable bonds is 3. The molecule has 0 atom stereocenters. The van der Waals surface area contributed by atoms with Crippen LogP contribution in [0, 0.1) is 6.92 Å². The molecule has 0 bridgehead atoms. The van der Waals surface area contributed by atoms with Crippen LogP contribution in [0.1, 0.15) is 26.3 Å². The van der Waals surface area contributed by atoms with E-state index in [1.54, 1.807) is 30.3 Å². The lowest BCUT2D eigenvalue weighted by molar-refractivity contribution is 0.0686. The van der Waals surface area contributed by atoms with Crippen LogP contribution in [0.15, 0.2) is 42.5 Å². The molecule has 0 aliphatic rings. The highest BCUT2D eigenvalue weighted by Crippen LogP contribution is 2.25. The quantitative estimate of drug-likeness (QED) is 0.885. The summed E-state index contributed by atoms with van der Waals surface area (Å²) in [6, 6.07) is 11.2. The van der Waals surface area contributed by atoms with Crippen LogP contribution in [0.3, 0.4) is 0 Å². The topological polar surface area (TPSA) is 74.6 Å². The second-order valence-corrected chi connectivity index (χ2v) is 4.22. The normalized spacial score (nSPS) is 10.2. The van der Waals surface area contributed by atoms with Gasteiger partial charge in [-0.3, -0.25) is 0 Å². The molecule has 0 saturated heterocycles. The van der Waals surface area contributed by atoms with E-state index in [1.807, 2.05) is 6.92 Å². The molecule has 96 valence electrons. The molecular formula is C15H12O4. The zero-order chi connectivity index (χ0) is 14.0. The third kappa shape index (κ3) is 2.63. The van der Waals surface area contributed by atoms with Gasteiger partial charge in [0, 0.05) is 0 Å². The van der Waals surface area contributed by atoms with Crippen molar-refractivity contribution in [1.29, 1.82) is 0 Å². The minimum Gasteiger partial charge on any atom is -0.478 e. The number of carboxylic acids is 2. The summed E-state index contributed by atoms with van der Waals surface area (Å²) in [4.78, 5) is 21.7. The molecule has 2 aromatic rings. The van der Waals surface area contributed by atoms with Gasteiger partial charge in [-0.05, 0) is 47.9 Å². The molecule has 0 fully saturated rings. The third-order valence-electron chi connectivity index (χ3n) is 2.93. The molecule has 2 aromatic carbocycles. The lowest BCUT2D eigenvalue weighted by atomic mass is 9.97. The fourth-order valence-corrected chi connectivity index (χ4v) is 1.86. The SMILES string of the molecule is Cc1ccc(C(=O)O)cc1-c1ccc(C(=O)O)cc1. The van der Waals surface area contributed by atoms with Crippen molar-refractivity contribution in [2.24, 2.45) is 0 Å². The average Bonchev–Trinajstić information content (AvgIpc) is 2.39. The van der Waals surface area contributed by atoms with Gasteiger partial charge in [-0.25, -0.2) is 9.59 Å². The summed E-state index contributed by atoms with van der Waals surface area (Å²) in [5.74, 6) is -1.97. The van der Waals surface area contributed by atoms with Crippen LogP contribution in [0.25, 0.3) is 11.1 Å². The lowest BCUT2D eigenvalue weighted by Gasteiger charge is -2.07. The Balaban J connectivity index is 2.48. The van der Waals surface area contributed by atoms with Crippen LogP contribution >= 0.6 is 0 Å². The fourth-order valence-electron chi connectivity index (χ4n) is 1.86. The van der Waals surface area contributed by atoms with Gasteiger partial charge in [0.2, 0.25) is 0 Å². The summed E-state index contributed by atoms with van der Waals surface area (Å²) in [7, 11) is 0. The minimum absolute atomic E-state index is 0.204. The smallest absolute Gasteiger partial charge is 0.335 e. The molecule has 4 heteroatoms. The van der Waals surface area contributed by atoms with E-state index >= 15 is 0 Å². The molecule has 2 N–H and O–H groups in total. The van der Waals surface area contributed by atoms with Gasteiger partial charge in [-0.15, -0.1) is 0 Å². The zero-order valence-electron chi connectivity index (χ0n) is 10.3. The summed E-state index contributed by atoms with van der Waals surface area (Å²) < 4.78 is 0. The van der Waals surface area contributed by atoms with Crippen LogP contribution < -0.4 is 0 Å². The Labute approximate surface area is 109 Å². The van der Waals surface area contributed by atoms with Gasteiger partial charge in [-0.1, -0.05) is 18.2 Å². The number of hydrogen-bond donors (Lipinski definition) is 2. The van der Waals surface area contributed by atoms with E-state index in [0.29, 0.717) is 0 Å². The van der Waals surface area contributed by atoms with E-state index in [0.717, 1.165) is 16.7 Å². The van der Waals surface area contributed by atoms with E-state index in [-0.39, 0.29) is 11.1 Å². The van der Waals surface area contributed by atoms with E-state index in [1.165, 1.54) is 12.1 Å². The van der Waals surface area contributed by atoms with Gasteiger partial charge in [0.25, 0.3) is 0 Å². The monoisotopic (exact) mass is 256 g/mol. The number of benzene rings is 2. The highest BCUT2D eigenvalue weighted by molar-refractivity contribution is 5.91. The number of hydrogen-bond acceptors (Lipinski definition) is 2. The molecule has 19 heavy (non-hydrogen) atoms. The summed E-state index contributed by atoms with van der Waals surface area (Å²) in [5.41, 5.74) is 2.94. The van der Waals surface area contributed by atoms with Gasteiger partial charge in [0.15, 0.2) is 0 Å². The van der Waals surface area contributed by atoms with Crippen molar-refractivity contribution in [3.05, 3.63) is 59.2 Å². The molecule has 0 saturated carbocycles. The molecule has 0 heterocycles.